The highest BCUT2D eigenvalue weighted by molar-refractivity contribution is 14.1. The zero-order valence-corrected chi connectivity index (χ0v) is 22.5. The Kier molecular flexibility index (Phi) is 9.45. The predicted molar refractivity (Wildman–Crippen MR) is 143 cm³/mol. The van der Waals surface area contributed by atoms with Gasteiger partial charge in [-0.2, -0.15) is 0 Å². The number of hydrogen-bond acceptors (Lipinski definition) is 6. The van der Waals surface area contributed by atoms with Gasteiger partial charge < -0.3 is 21.1 Å². The van der Waals surface area contributed by atoms with Gasteiger partial charge in [0.2, 0.25) is 15.9 Å². The van der Waals surface area contributed by atoms with E-state index in [0.29, 0.717) is 16.4 Å². The fourth-order valence-corrected chi connectivity index (χ4v) is 4.97. The third-order valence-electron chi connectivity index (χ3n) is 5.75. The highest BCUT2D eigenvalue weighted by Gasteiger charge is 2.28. The maximum absolute atomic E-state index is 12.7. The Hall–Kier alpha value is -3.24. The molecular weight excluding hydrogens is 617 g/mol. The van der Waals surface area contributed by atoms with Crippen molar-refractivity contribution in [2.45, 2.75) is 42.7 Å². The van der Waals surface area contributed by atoms with E-state index in [-0.39, 0.29) is 40.3 Å². The molecule has 37 heavy (non-hydrogen) atoms. The molecular formula is C23H26IN5O7S. The summed E-state index contributed by atoms with van der Waals surface area (Å²) in [7, 11) is -3.87. The number of anilines is 1. The molecule has 198 valence electrons. The number of sulfonamides is 1. The number of primary sulfonamides is 1. The lowest BCUT2D eigenvalue weighted by Gasteiger charge is -2.33. The molecule has 4 amide bonds. The van der Waals surface area contributed by atoms with Crippen molar-refractivity contribution in [2.75, 3.05) is 11.9 Å². The number of amides is 4. The second-order valence-corrected chi connectivity index (χ2v) is 11.2. The molecule has 0 spiro atoms. The number of benzene rings is 2. The number of rotatable bonds is 8. The Bertz CT molecular complexity index is 1300. The van der Waals surface area contributed by atoms with E-state index in [2.05, 4.69) is 21.3 Å². The Morgan fingerprint density at radius 3 is 2.16 bits per heavy atom. The normalized spacial score (nSPS) is 17.4. The number of halogens is 1. The summed E-state index contributed by atoms with van der Waals surface area (Å²) in [6, 6.07) is 9.09. The van der Waals surface area contributed by atoms with Gasteiger partial charge in [0.25, 0.3) is 11.8 Å². The Morgan fingerprint density at radius 2 is 1.57 bits per heavy atom. The van der Waals surface area contributed by atoms with Gasteiger partial charge in [0, 0.05) is 21.2 Å². The molecule has 3 rings (SSSR count). The SMILES string of the molecule is NS(=O)(=O)c1ccc(C(=O)N[C@@H]2CCCC[C@@H]2NC(=O)CNC(=O)c2cc(I)ccc2NC(=O)O)cc1. The summed E-state index contributed by atoms with van der Waals surface area (Å²) >= 11 is 1.99. The predicted octanol–water partition coefficient (Wildman–Crippen LogP) is 1.62. The molecule has 0 aromatic heterocycles. The lowest BCUT2D eigenvalue weighted by Crippen LogP contribution is -2.54. The first-order chi connectivity index (χ1) is 17.4. The Balaban J connectivity index is 1.59. The van der Waals surface area contributed by atoms with E-state index < -0.39 is 33.8 Å². The van der Waals surface area contributed by atoms with Crippen molar-refractivity contribution in [3.05, 3.63) is 57.2 Å². The minimum atomic E-state index is -3.87. The molecule has 14 heteroatoms. The summed E-state index contributed by atoms with van der Waals surface area (Å²) in [5.74, 6) is -1.50. The van der Waals surface area contributed by atoms with Crippen molar-refractivity contribution in [2.24, 2.45) is 5.14 Å². The molecule has 2 atom stereocenters. The second kappa shape index (κ2) is 12.3. The lowest BCUT2D eigenvalue weighted by molar-refractivity contribution is -0.121. The number of carbonyl (C=O) groups excluding carboxylic acids is 3. The number of nitrogens with two attached hydrogens (primary N) is 1. The molecule has 1 aliphatic carbocycles. The molecule has 0 radical (unpaired) electrons. The fourth-order valence-electron chi connectivity index (χ4n) is 3.97. The minimum absolute atomic E-state index is 0.0818. The summed E-state index contributed by atoms with van der Waals surface area (Å²) in [6.07, 6.45) is 1.63. The third kappa shape index (κ3) is 8.13. The molecule has 12 nitrogen and oxygen atoms in total. The van der Waals surface area contributed by atoms with Crippen LogP contribution >= 0.6 is 22.6 Å². The van der Waals surface area contributed by atoms with Crippen molar-refractivity contribution in [1.29, 1.82) is 0 Å². The molecule has 0 aliphatic heterocycles. The summed E-state index contributed by atoms with van der Waals surface area (Å²) in [4.78, 5) is 48.8. The molecule has 7 N–H and O–H groups in total. The van der Waals surface area contributed by atoms with Gasteiger partial charge in [-0.1, -0.05) is 12.8 Å². The van der Waals surface area contributed by atoms with Gasteiger partial charge in [-0.25, -0.2) is 18.4 Å². The maximum atomic E-state index is 12.7. The zero-order chi connectivity index (χ0) is 27.2. The van der Waals surface area contributed by atoms with Gasteiger partial charge in [0.1, 0.15) is 0 Å². The molecule has 0 saturated heterocycles. The first kappa shape index (κ1) is 28.3. The number of nitrogens with one attached hydrogen (secondary N) is 4. The second-order valence-electron chi connectivity index (χ2n) is 8.41. The quantitative estimate of drug-likeness (QED) is 0.235. The van der Waals surface area contributed by atoms with Crippen LogP contribution in [0, 0.1) is 3.57 Å². The van der Waals surface area contributed by atoms with Crippen molar-refractivity contribution in [3.63, 3.8) is 0 Å². The highest BCUT2D eigenvalue weighted by Crippen LogP contribution is 2.20. The molecule has 1 fully saturated rings. The van der Waals surface area contributed by atoms with E-state index >= 15 is 0 Å². The summed E-state index contributed by atoms with van der Waals surface area (Å²) in [5, 5.41) is 24.4. The smallest absolute Gasteiger partial charge is 0.409 e. The van der Waals surface area contributed by atoms with Crippen LogP contribution in [0.2, 0.25) is 0 Å². The van der Waals surface area contributed by atoms with Crippen molar-refractivity contribution in [1.82, 2.24) is 16.0 Å². The van der Waals surface area contributed by atoms with Gasteiger partial charge in [0.05, 0.1) is 22.7 Å². The van der Waals surface area contributed by atoms with Crippen LogP contribution in [0.1, 0.15) is 46.4 Å². The fraction of sp³-hybridized carbons (Fsp3) is 0.304. The maximum Gasteiger partial charge on any atom is 0.409 e. The van der Waals surface area contributed by atoms with E-state index in [1.807, 2.05) is 22.6 Å². The van der Waals surface area contributed by atoms with Gasteiger partial charge in [0.15, 0.2) is 0 Å². The van der Waals surface area contributed by atoms with E-state index in [9.17, 15) is 27.6 Å². The van der Waals surface area contributed by atoms with Crippen molar-refractivity contribution < 1.29 is 32.7 Å². The van der Waals surface area contributed by atoms with Crippen LogP contribution in [0.5, 0.6) is 0 Å². The van der Waals surface area contributed by atoms with Crippen LogP contribution in [0.25, 0.3) is 0 Å². The van der Waals surface area contributed by atoms with Crippen LogP contribution in [0.15, 0.2) is 47.4 Å². The van der Waals surface area contributed by atoms with Gasteiger partial charge in [-0.3, -0.25) is 19.7 Å². The van der Waals surface area contributed by atoms with Crippen LogP contribution in [0.3, 0.4) is 0 Å². The van der Waals surface area contributed by atoms with Crippen LogP contribution in [0.4, 0.5) is 10.5 Å². The third-order valence-corrected chi connectivity index (χ3v) is 7.35. The minimum Gasteiger partial charge on any atom is -0.465 e. The van der Waals surface area contributed by atoms with Crippen LogP contribution < -0.4 is 26.4 Å². The van der Waals surface area contributed by atoms with Gasteiger partial charge >= 0.3 is 6.09 Å². The van der Waals surface area contributed by atoms with E-state index in [0.717, 1.165) is 12.8 Å². The van der Waals surface area contributed by atoms with Gasteiger partial charge in [-0.15, -0.1) is 0 Å². The van der Waals surface area contributed by atoms with E-state index in [1.54, 1.807) is 6.07 Å². The van der Waals surface area contributed by atoms with Crippen molar-refractivity contribution >= 4 is 62.1 Å². The number of carboxylic acid groups (broad SMARTS) is 1. The lowest BCUT2D eigenvalue weighted by atomic mass is 9.90. The summed E-state index contributed by atoms with van der Waals surface area (Å²) < 4.78 is 23.5. The number of carbonyl (C=O) groups is 4. The van der Waals surface area contributed by atoms with Gasteiger partial charge in [-0.05, 0) is 77.9 Å². The van der Waals surface area contributed by atoms with E-state index in [4.69, 9.17) is 10.2 Å². The molecule has 2 aromatic carbocycles. The topological polar surface area (TPSA) is 197 Å². The monoisotopic (exact) mass is 643 g/mol. The first-order valence-corrected chi connectivity index (χ1v) is 13.9. The average Bonchev–Trinajstić information content (AvgIpc) is 2.84. The largest absolute Gasteiger partial charge is 0.465 e. The number of hydrogen-bond donors (Lipinski definition) is 6. The zero-order valence-electron chi connectivity index (χ0n) is 19.5. The standard InChI is InChI=1S/C23H26IN5O7S/c24-14-7-10-17(29-23(33)34)16(11-14)22(32)26-12-20(30)27-18-3-1-2-4-19(18)28-21(31)13-5-8-15(9-6-13)37(25,35)36/h5-11,18-19,29H,1-4,12H2,(H,26,32)(H,27,30)(H,28,31)(H,33,34)(H2,25,35,36)/t18-,19+/m0/s1. The molecule has 1 saturated carbocycles. The Labute approximate surface area is 226 Å². The van der Waals surface area contributed by atoms with Crippen molar-refractivity contribution in [3.8, 4) is 0 Å². The molecule has 2 aromatic rings. The highest BCUT2D eigenvalue weighted by atomic mass is 127. The van der Waals surface area contributed by atoms with Crippen LogP contribution in [-0.4, -0.2) is 56.0 Å². The molecule has 0 bridgehead atoms. The Morgan fingerprint density at radius 1 is 0.946 bits per heavy atom. The van der Waals surface area contributed by atoms with Crippen LogP contribution in [-0.2, 0) is 14.8 Å². The molecule has 1 aliphatic rings. The summed E-state index contributed by atoms with van der Waals surface area (Å²) in [6.45, 7) is -0.344. The molecule has 0 heterocycles. The van der Waals surface area contributed by atoms with E-state index in [1.165, 1.54) is 36.4 Å². The first-order valence-electron chi connectivity index (χ1n) is 11.2. The molecule has 0 unspecified atom stereocenters. The average molecular weight is 643 g/mol. The summed E-state index contributed by atoms with van der Waals surface area (Å²) in [5.41, 5.74) is 0.426.